The summed E-state index contributed by atoms with van der Waals surface area (Å²) in [5.41, 5.74) is 1.11. The minimum Gasteiger partial charge on any atom is -0.493 e. The fourth-order valence-electron chi connectivity index (χ4n) is 2.37. The highest BCUT2D eigenvalue weighted by molar-refractivity contribution is 9.10. The maximum Gasteiger partial charge on any atom is 0.298 e. The summed E-state index contributed by atoms with van der Waals surface area (Å²) in [6.45, 7) is 2.39. The normalized spacial score (nSPS) is 16.0. The van der Waals surface area contributed by atoms with E-state index in [0.29, 0.717) is 28.0 Å². The molecule has 4 nitrogen and oxygen atoms in total. The molecule has 128 valence electrons. The highest BCUT2D eigenvalue weighted by Crippen LogP contribution is 2.39. The van der Waals surface area contributed by atoms with Crippen LogP contribution in [-0.4, -0.2) is 17.8 Å². The van der Waals surface area contributed by atoms with Gasteiger partial charge in [-0.05, 0) is 55.1 Å². The SMILES string of the molecule is CCOc1ccc(Br)cc1/C=C1\SC(=O)N(c2ccccc2Cl)C1=O. The summed E-state index contributed by atoms with van der Waals surface area (Å²) < 4.78 is 6.44. The summed E-state index contributed by atoms with van der Waals surface area (Å²) >= 11 is 10.4. The third kappa shape index (κ3) is 3.76. The Hall–Kier alpha value is -1.76. The van der Waals surface area contributed by atoms with Crippen molar-refractivity contribution in [3.8, 4) is 5.75 Å². The molecule has 0 bridgehead atoms. The number of hydrogen-bond donors (Lipinski definition) is 0. The molecule has 7 heteroatoms. The summed E-state index contributed by atoms with van der Waals surface area (Å²) in [5, 5.41) is -0.0270. The van der Waals surface area contributed by atoms with Gasteiger partial charge in [-0.1, -0.05) is 39.7 Å². The maximum atomic E-state index is 12.7. The molecule has 1 fully saturated rings. The molecule has 1 heterocycles. The van der Waals surface area contributed by atoms with Crippen molar-refractivity contribution in [2.24, 2.45) is 0 Å². The van der Waals surface area contributed by atoms with Crippen molar-refractivity contribution in [1.82, 2.24) is 0 Å². The Bertz CT molecular complexity index is 884. The molecular weight excluding hydrogens is 426 g/mol. The van der Waals surface area contributed by atoms with Crippen molar-refractivity contribution >= 4 is 62.2 Å². The largest absolute Gasteiger partial charge is 0.493 e. The number of benzene rings is 2. The first-order chi connectivity index (χ1) is 12.0. The number of anilines is 1. The second-order valence-corrected chi connectivity index (χ2v) is 7.40. The van der Waals surface area contributed by atoms with Crippen LogP contribution in [0, 0.1) is 0 Å². The Morgan fingerprint density at radius 1 is 1.24 bits per heavy atom. The number of imide groups is 1. The van der Waals surface area contributed by atoms with Crippen molar-refractivity contribution in [3.05, 3.63) is 62.4 Å². The van der Waals surface area contributed by atoms with Gasteiger partial charge in [-0.25, -0.2) is 4.90 Å². The number of rotatable bonds is 4. The number of halogens is 2. The number of amides is 2. The average molecular weight is 439 g/mol. The van der Waals surface area contributed by atoms with Gasteiger partial charge < -0.3 is 4.74 Å². The Morgan fingerprint density at radius 2 is 2.00 bits per heavy atom. The monoisotopic (exact) mass is 437 g/mol. The zero-order valence-corrected chi connectivity index (χ0v) is 16.3. The zero-order chi connectivity index (χ0) is 18.0. The number of para-hydroxylation sites is 1. The van der Waals surface area contributed by atoms with E-state index in [2.05, 4.69) is 15.9 Å². The standard InChI is InChI=1S/C18H13BrClNO3S/c1-2-24-15-8-7-12(19)9-11(15)10-16-17(22)21(18(23)25-16)14-6-4-3-5-13(14)20/h3-10H,2H2,1H3/b16-10-. The van der Waals surface area contributed by atoms with Gasteiger partial charge in [-0.2, -0.15) is 0 Å². The number of carbonyl (C=O) groups is 2. The fourth-order valence-corrected chi connectivity index (χ4v) is 3.79. The molecule has 0 aliphatic carbocycles. The lowest BCUT2D eigenvalue weighted by molar-refractivity contribution is -0.113. The van der Waals surface area contributed by atoms with E-state index in [4.69, 9.17) is 16.3 Å². The highest BCUT2D eigenvalue weighted by Gasteiger charge is 2.37. The molecule has 0 N–H and O–H groups in total. The van der Waals surface area contributed by atoms with Gasteiger partial charge in [0.2, 0.25) is 0 Å². The summed E-state index contributed by atoms with van der Waals surface area (Å²) in [6.07, 6.45) is 1.66. The van der Waals surface area contributed by atoms with Crippen molar-refractivity contribution in [2.75, 3.05) is 11.5 Å². The topological polar surface area (TPSA) is 46.6 Å². The molecule has 25 heavy (non-hydrogen) atoms. The van der Waals surface area contributed by atoms with Crippen molar-refractivity contribution < 1.29 is 14.3 Å². The van der Waals surface area contributed by atoms with Crippen LogP contribution in [0.15, 0.2) is 51.8 Å². The van der Waals surface area contributed by atoms with Crippen LogP contribution in [0.3, 0.4) is 0 Å². The highest BCUT2D eigenvalue weighted by atomic mass is 79.9. The molecule has 1 saturated heterocycles. The van der Waals surface area contributed by atoms with Gasteiger partial charge in [0.25, 0.3) is 11.1 Å². The Labute approximate surface area is 162 Å². The molecule has 1 aliphatic rings. The molecule has 0 saturated carbocycles. The Balaban J connectivity index is 1.99. The van der Waals surface area contributed by atoms with Crippen LogP contribution in [-0.2, 0) is 4.79 Å². The van der Waals surface area contributed by atoms with Gasteiger partial charge in [-0.15, -0.1) is 0 Å². The molecule has 2 aromatic rings. The minimum atomic E-state index is -0.398. The predicted octanol–water partition coefficient (Wildman–Crippen LogP) is 5.74. The Morgan fingerprint density at radius 3 is 2.72 bits per heavy atom. The molecule has 2 aromatic carbocycles. The molecule has 0 radical (unpaired) electrons. The quantitative estimate of drug-likeness (QED) is 0.571. The lowest BCUT2D eigenvalue weighted by Crippen LogP contribution is -2.27. The van der Waals surface area contributed by atoms with E-state index < -0.39 is 5.91 Å². The molecule has 0 unspecified atom stereocenters. The predicted molar refractivity (Wildman–Crippen MR) is 105 cm³/mol. The first-order valence-corrected chi connectivity index (χ1v) is 9.45. The average Bonchev–Trinajstić information content (AvgIpc) is 2.85. The second-order valence-electron chi connectivity index (χ2n) is 5.08. The number of nitrogens with zero attached hydrogens (tertiary/aromatic N) is 1. The summed E-state index contributed by atoms with van der Waals surface area (Å²) in [4.78, 5) is 26.5. The van der Waals surface area contributed by atoms with E-state index in [1.54, 1.807) is 30.3 Å². The van der Waals surface area contributed by atoms with Crippen LogP contribution in [0.25, 0.3) is 6.08 Å². The van der Waals surface area contributed by atoms with Crippen LogP contribution in [0.1, 0.15) is 12.5 Å². The van der Waals surface area contributed by atoms with E-state index in [0.717, 1.165) is 26.7 Å². The first-order valence-electron chi connectivity index (χ1n) is 7.46. The molecular formula is C18H13BrClNO3S. The lowest BCUT2D eigenvalue weighted by atomic mass is 10.2. The molecule has 0 spiro atoms. The van der Waals surface area contributed by atoms with Gasteiger partial charge in [0, 0.05) is 10.0 Å². The smallest absolute Gasteiger partial charge is 0.298 e. The van der Waals surface area contributed by atoms with Crippen molar-refractivity contribution in [1.29, 1.82) is 0 Å². The van der Waals surface area contributed by atoms with Crippen LogP contribution >= 0.6 is 39.3 Å². The van der Waals surface area contributed by atoms with E-state index in [1.165, 1.54) is 0 Å². The molecule has 2 amide bonds. The van der Waals surface area contributed by atoms with E-state index >= 15 is 0 Å². The van der Waals surface area contributed by atoms with Gasteiger partial charge in [0.1, 0.15) is 5.75 Å². The second kappa shape index (κ2) is 7.64. The van der Waals surface area contributed by atoms with Gasteiger partial charge in [0.05, 0.1) is 22.2 Å². The molecule has 1 aliphatic heterocycles. The van der Waals surface area contributed by atoms with Gasteiger partial charge in [-0.3, -0.25) is 9.59 Å². The number of hydrogen-bond acceptors (Lipinski definition) is 4. The molecule has 0 atom stereocenters. The molecule has 0 aromatic heterocycles. The first kappa shape index (κ1) is 18.0. The van der Waals surface area contributed by atoms with Crippen LogP contribution in [0.2, 0.25) is 5.02 Å². The van der Waals surface area contributed by atoms with E-state index in [1.807, 2.05) is 25.1 Å². The van der Waals surface area contributed by atoms with Gasteiger partial charge >= 0.3 is 0 Å². The third-order valence-corrected chi connectivity index (χ3v) is 5.13. The van der Waals surface area contributed by atoms with E-state index in [9.17, 15) is 9.59 Å². The summed E-state index contributed by atoms with van der Waals surface area (Å²) in [5.74, 6) is 0.251. The van der Waals surface area contributed by atoms with Crippen molar-refractivity contribution in [2.45, 2.75) is 6.92 Å². The zero-order valence-electron chi connectivity index (χ0n) is 13.2. The Kier molecular flexibility index (Phi) is 5.51. The van der Waals surface area contributed by atoms with Crippen LogP contribution in [0.4, 0.5) is 10.5 Å². The summed E-state index contributed by atoms with van der Waals surface area (Å²) in [6, 6.07) is 12.3. The fraction of sp³-hybridized carbons (Fsp3) is 0.111. The van der Waals surface area contributed by atoms with Crippen molar-refractivity contribution in [3.63, 3.8) is 0 Å². The number of carbonyl (C=O) groups excluding carboxylic acids is 2. The molecule has 3 rings (SSSR count). The van der Waals surface area contributed by atoms with Crippen LogP contribution < -0.4 is 9.64 Å². The minimum absolute atomic E-state index is 0.323. The van der Waals surface area contributed by atoms with Crippen LogP contribution in [0.5, 0.6) is 5.75 Å². The third-order valence-electron chi connectivity index (χ3n) is 3.45. The number of thioether (sulfide) groups is 1. The van der Waals surface area contributed by atoms with E-state index in [-0.39, 0.29) is 5.24 Å². The summed E-state index contributed by atoms with van der Waals surface area (Å²) in [7, 11) is 0. The number of ether oxygens (including phenoxy) is 1. The van der Waals surface area contributed by atoms with Gasteiger partial charge in [0.15, 0.2) is 0 Å². The maximum absolute atomic E-state index is 12.7. The lowest BCUT2D eigenvalue weighted by Gasteiger charge is -2.13.